The first-order valence-electron chi connectivity index (χ1n) is 9.64. The zero-order valence-electron chi connectivity index (χ0n) is 17.8. The van der Waals surface area contributed by atoms with Crippen molar-refractivity contribution in [2.24, 2.45) is 11.8 Å². The second-order valence-electron chi connectivity index (χ2n) is 8.51. The van der Waals surface area contributed by atoms with Crippen molar-refractivity contribution >= 4 is 38.4 Å². The molecule has 3 rings (SSSR count). The molecule has 2 aliphatic rings. The third-order valence-corrected chi connectivity index (χ3v) is 8.72. The Morgan fingerprint density at radius 2 is 1.67 bits per heavy atom. The first kappa shape index (κ1) is 25.1. The van der Waals surface area contributed by atoms with Gasteiger partial charge >= 0.3 is 0 Å². The number of hydrogen-bond donors (Lipinski definition) is 0. The third-order valence-electron chi connectivity index (χ3n) is 5.65. The van der Waals surface area contributed by atoms with Crippen molar-refractivity contribution in [3.8, 4) is 0 Å². The summed E-state index contributed by atoms with van der Waals surface area (Å²) < 4.78 is 53.5. The van der Waals surface area contributed by atoms with Crippen LogP contribution in [-0.2, 0) is 31.4 Å². The van der Waals surface area contributed by atoms with Gasteiger partial charge in [0.15, 0.2) is 0 Å². The molecular formula is C19H30ClN3O5S2. The minimum atomic E-state index is -3.85. The average molecular weight is 480 g/mol. The Hall–Kier alpha value is -1.20. The van der Waals surface area contributed by atoms with Crippen molar-refractivity contribution in [3.05, 3.63) is 29.8 Å². The van der Waals surface area contributed by atoms with E-state index in [2.05, 4.69) is 0 Å². The molecule has 1 aromatic carbocycles. The summed E-state index contributed by atoms with van der Waals surface area (Å²) in [4.78, 5) is 15.0. The summed E-state index contributed by atoms with van der Waals surface area (Å²) in [5.74, 6) is -1.36. The number of carbonyl (C=O) groups is 1. The van der Waals surface area contributed by atoms with E-state index in [0.717, 1.165) is 16.1 Å². The first-order valence-corrected chi connectivity index (χ1v) is 12.9. The molecular weight excluding hydrogens is 450 g/mol. The summed E-state index contributed by atoms with van der Waals surface area (Å²) in [5, 5.41) is 0. The van der Waals surface area contributed by atoms with Crippen LogP contribution in [0.15, 0.2) is 29.2 Å². The number of benzene rings is 1. The summed E-state index contributed by atoms with van der Waals surface area (Å²) in [6.45, 7) is 4.54. The fourth-order valence-corrected chi connectivity index (χ4v) is 7.40. The number of hydrogen-bond acceptors (Lipinski definition) is 6. The fourth-order valence-electron chi connectivity index (χ4n) is 4.54. The van der Waals surface area contributed by atoms with E-state index in [1.54, 1.807) is 24.3 Å². The lowest BCUT2D eigenvalue weighted by molar-refractivity contribution is -0.129. The van der Waals surface area contributed by atoms with Crippen molar-refractivity contribution < 1.29 is 21.6 Å². The van der Waals surface area contributed by atoms with Gasteiger partial charge in [-0.05, 0) is 44.1 Å². The van der Waals surface area contributed by atoms with Crippen molar-refractivity contribution in [1.29, 1.82) is 0 Å². The Balaban J connectivity index is 0.00000320. The number of halogens is 1. The van der Waals surface area contributed by atoms with Gasteiger partial charge in [-0.1, -0.05) is 26.0 Å². The molecule has 0 bridgehead atoms. The van der Waals surface area contributed by atoms with E-state index >= 15 is 0 Å². The van der Waals surface area contributed by atoms with Crippen LogP contribution in [0.25, 0.3) is 0 Å². The quantitative estimate of drug-likeness (QED) is 0.611. The SMILES string of the molecule is CC(C)C1C(=O)N(S(C)(=O)=O)C2CCN(S(=O)(=O)c3ccc(CN(C)C)cc3)C12.Cl. The van der Waals surface area contributed by atoms with Crippen molar-refractivity contribution in [1.82, 2.24) is 13.5 Å². The maximum Gasteiger partial charge on any atom is 0.243 e. The van der Waals surface area contributed by atoms with Gasteiger partial charge in [-0.25, -0.2) is 21.1 Å². The average Bonchev–Trinajstić information content (AvgIpc) is 3.10. The molecule has 1 aromatic rings. The second-order valence-corrected chi connectivity index (χ2v) is 12.3. The Bertz CT molecular complexity index is 994. The Labute approximate surface area is 185 Å². The normalized spacial score (nSPS) is 25.1. The summed E-state index contributed by atoms with van der Waals surface area (Å²) in [6, 6.07) is 5.40. The van der Waals surface area contributed by atoms with Crippen LogP contribution in [0.1, 0.15) is 25.8 Å². The molecule has 8 nitrogen and oxygen atoms in total. The molecule has 2 aliphatic heterocycles. The molecule has 0 saturated carbocycles. The van der Waals surface area contributed by atoms with E-state index in [4.69, 9.17) is 0 Å². The lowest BCUT2D eigenvalue weighted by atomic mass is 9.89. The highest BCUT2D eigenvalue weighted by molar-refractivity contribution is 7.89. The molecule has 3 atom stereocenters. The molecule has 3 unspecified atom stereocenters. The summed E-state index contributed by atoms with van der Waals surface area (Å²) in [7, 11) is -3.74. The molecule has 0 spiro atoms. The van der Waals surface area contributed by atoms with Crippen LogP contribution in [0.4, 0.5) is 0 Å². The number of rotatable bonds is 6. The maximum absolute atomic E-state index is 13.4. The molecule has 0 N–H and O–H groups in total. The Morgan fingerprint density at radius 3 is 2.13 bits per heavy atom. The van der Waals surface area contributed by atoms with E-state index in [9.17, 15) is 21.6 Å². The lowest BCUT2D eigenvalue weighted by Gasteiger charge is -2.28. The minimum Gasteiger partial charge on any atom is -0.305 e. The van der Waals surface area contributed by atoms with Gasteiger partial charge in [0.05, 0.1) is 29.2 Å². The summed E-state index contributed by atoms with van der Waals surface area (Å²) >= 11 is 0. The molecule has 2 saturated heterocycles. The molecule has 0 radical (unpaired) electrons. The summed E-state index contributed by atoms with van der Waals surface area (Å²) in [6.07, 6.45) is 1.32. The van der Waals surface area contributed by atoms with Gasteiger partial charge in [-0.2, -0.15) is 4.31 Å². The van der Waals surface area contributed by atoms with Gasteiger partial charge < -0.3 is 4.90 Å². The van der Waals surface area contributed by atoms with Gasteiger partial charge in [0.2, 0.25) is 26.0 Å². The summed E-state index contributed by atoms with van der Waals surface area (Å²) in [5.41, 5.74) is 0.993. The monoisotopic (exact) mass is 479 g/mol. The minimum absolute atomic E-state index is 0. The van der Waals surface area contributed by atoms with Gasteiger partial charge in [-0.15, -0.1) is 12.4 Å². The Kier molecular flexibility index (Phi) is 7.30. The molecule has 2 heterocycles. The molecule has 30 heavy (non-hydrogen) atoms. The molecule has 2 fully saturated rings. The van der Waals surface area contributed by atoms with Crippen LogP contribution in [-0.4, -0.2) is 75.2 Å². The standard InChI is InChI=1S/C19H29N3O5S2.ClH/c1-13(2)17-18-16(22(19(17)23)28(5,24)25)10-11-21(18)29(26,27)15-8-6-14(7-9-15)12-20(3)4;/h6-9,13,16-18H,10-12H2,1-5H3;1H. The van der Waals surface area contributed by atoms with Gasteiger partial charge in [0, 0.05) is 13.1 Å². The van der Waals surface area contributed by atoms with Crippen LogP contribution in [0.5, 0.6) is 0 Å². The highest BCUT2D eigenvalue weighted by atomic mass is 35.5. The number of fused-ring (bicyclic) bond motifs is 1. The van der Waals surface area contributed by atoms with Gasteiger partial charge in [0.25, 0.3) is 0 Å². The first-order chi connectivity index (χ1) is 13.4. The van der Waals surface area contributed by atoms with E-state index in [0.29, 0.717) is 13.0 Å². The molecule has 1 amide bonds. The number of nitrogens with zero attached hydrogens (tertiary/aromatic N) is 3. The fraction of sp³-hybridized carbons (Fsp3) is 0.632. The smallest absolute Gasteiger partial charge is 0.243 e. The molecule has 11 heteroatoms. The maximum atomic E-state index is 13.4. The molecule has 0 aromatic heterocycles. The van der Waals surface area contributed by atoms with Crippen LogP contribution >= 0.6 is 12.4 Å². The number of sulfonamides is 2. The van der Waals surface area contributed by atoms with E-state index < -0.39 is 44.0 Å². The number of amides is 1. The van der Waals surface area contributed by atoms with E-state index in [1.807, 2.05) is 32.8 Å². The Morgan fingerprint density at radius 1 is 1.10 bits per heavy atom. The topological polar surface area (TPSA) is 95.1 Å². The van der Waals surface area contributed by atoms with Crippen LogP contribution in [0.3, 0.4) is 0 Å². The van der Waals surface area contributed by atoms with E-state index in [-0.39, 0.29) is 29.8 Å². The van der Waals surface area contributed by atoms with Gasteiger partial charge in [-0.3, -0.25) is 4.79 Å². The number of carbonyl (C=O) groups excluding carboxylic acids is 1. The predicted octanol–water partition coefficient (Wildman–Crippen LogP) is 1.38. The lowest BCUT2D eigenvalue weighted by Crippen LogP contribution is -2.44. The predicted molar refractivity (Wildman–Crippen MR) is 117 cm³/mol. The second kappa shape index (κ2) is 8.74. The zero-order valence-corrected chi connectivity index (χ0v) is 20.3. The van der Waals surface area contributed by atoms with E-state index in [1.165, 1.54) is 4.31 Å². The molecule has 170 valence electrons. The highest BCUT2D eigenvalue weighted by Gasteiger charge is 2.59. The van der Waals surface area contributed by atoms with Crippen LogP contribution in [0.2, 0.25) is 0 Å². The molecule has 0 aliphatic carbocycles. The third kappa shape index (κ3) is 4.38. The van der Waals surface area contributed by atoms with Crippen LogP contribution < -0.4 is 0 Å². The van der Waals surface area contributed by atoms with Crippen molar-refractivity contribution in [2.75, 3.05) is 26.9 Å². The zero-order chi connectivity index (χ0) is 21.7. The van der Waals surface area contributed by atoms with Crippen LogP contribution in [0, 0.1) is 11.8 Å². The van der Waals surface area contributed by atoms with Gasteiger partial charge in [0.1, 0.15) is 0 Å². The van der Waals surface area contributed by atoms with Crippen molar-refractivity contribution in [3.63, 3.8) is 0 Å². The largest absolute Gasteiger partial charge is 0.305 e. The van der Waals surface area contributed by atoms with Crippen molar-refractivity contribution in [2.45, 2.75) is 43.8 Å². The highest BCUT2D eigenvalue weighted by Crippen LogP contribution is 2.43.